The molecule has 0 aliphatic carbocycles. The van der Waals surface area contributed by atoms with Gasteiger partial charge in [0.15, 0.2) is 0 Å². The molecular weight excluding hydrogens is 321 g/mol. The Hall–Kier alpha value is -3.41. The van der Waals surface area contributed by atoms with E-state index >= 15 is 0 Å². The highest BCUT2D eigenvalue weighted by atomic mass is 19.1. The molecule has 3 aromatic rings. The first kappa shape index (κ1) is 16.4. The number of anilines is 3. The van der Waals surface area contributed by atoms with E-state index in [1.165, 1.54) is 12.3 Å². The van der Waals surface area contributed by atoms with Gasteiger partial charge in [0.25, 0.3) is 5.91 Å². The number of pyridine rings is 1. The third kappa shape index (κ3) is 4.11. The monoisotopic (exact) mass is 337 g/mol. The predicted octanol–water partition coefficient (Wildman–Crippen LogP) is 4.23. The molecule has 5 nitrogen and oxygen atoms in total. The molecule has 6 heteroatoms. The smallest absolute Gasteiger partial charge is 0.274 e. The molecule has 2 N–H and O–H groups in total. The Kier molecular flexibility index (Phi) is 4.89. The molecule has 0 aliphatic heterocycles. The van der Waals surface area contributed by atoms with Crippen LogP contribution in [-0.4, -0.2) is 18.0 Å². The number of nitrogens with zero attached hydrogens (tertiary/aromatic N) is 1. The molecule has 2 aromatic carbocycles. The molecule has 0 bridgehead atoms. The number of nitrogens with one attached hydrogen (secondary N) is 2. The number of rotatable bonds is 5. The summed E-state index contributed by atoms with van der Waals surface area (Å²) in [6.07, 6.45) is 1.49. The summed E-state index contributed by atoms with van der Waals surface area (Å²) in [4.78, 5) is 16.4. The number of amides is 1. The van der Waals surface area contributed by atoms with E-state index in [2.05, 4.69) is 15.6 Å². The average molecular weight is 337 g/mol. The van der Waals surface area contributed by atoms with E-state index in [4.69, 9.17) is 4.74 Å². The van der Waals surface area contributed by atoms with E-state index in [-0.39, 0.29) is 17.4 Å². The molecule has 0 unspecified atom stereocenters. The number of methoxy groups -OCH3 is 1. The summed E-state index contributed by atoms with van der Waals surface area (Å²) < 4.78 is 18.9. The first-order valence-electron chi connectivity index (χ1n) is 7.59. The summed E-state index contributed by atoms with van der Waals surface area (Å²) in [6, 6.07) is 16.6. The van der Waals surface area contributed by atoms with Crippen LogP contribution in [-0.2, 0) is 0 Å². The zero-order valence-corrected chi connectivity index (χ0v) is 13.5. The van der Waals surface area contributed by atoms with Gasteiger partial charge in [0.2, 0.25) is 0 Å². The lowest BCUT2D eigenvalue weighted by molar-refractivity contribution is 0.102. The standard InChI is InChI=1S/C19H16FN3O2/c1-25-15-6-4-5-13(11-15)23-19(24)18-12-14(9-10-21-18)22-17-8-3-2-7-16(17)20/h2-12H,1H3,(H,21,22)(H,23,24). The zero-order valence-electron chi connectivity index (χ0n) is 13.5. The first-order valence-corrected chi connectivity index (χ1v) is 7.59. The topological polar surface area (TPSA) is 63.2 Å². The number of benzene rings is 2. The summed E-state index contributed by atoms with van der Waals surface area (Å²) in [5.74, 6) is -0.104. The van der Waals surface area contributed by atoms with Gasteiger partial charge < -0.3 is 15.4 Å². The number of halogens is 1. The molecule has 126 valence electrons. The molecule has 0 saturated carbocycles. The van der Waals surface area contributed by atoms with E-state index in [0.717, 1.165) is 0 Å². The van der Waals surface area contributed by atoms with E-state index in [1.54, 1.807) is 61.7 Å². The van der Waals surface area contributed by atoms with Gasteiger partial charge in [-0.25, -0.2) is 4.39 Å². The van der Waals surface area contributed by atoms with Crippen LogP contribution in [0.25, 0.3) is 0 Å². The second kappa shape index (κ2) is 7.44. The number of aromatic nitrogens is 1. The fraction of sp³-hybridized carbons (Fsp3) is 0.0526. The van der Waals surface area contributed by atoms with E-state index in [0.29, 0.717) is 22.8 Å². The lowest BCUT2D eigenvalue weighted by Crippen LogP contribution is -2.13. The van der Waals surface area contributed by atoms with Crippen LogP contribution < -0.4 is 15.4 Å². The predicted molar refractivity (Wildman–Crippen MR) is 94.9 cm³/mol. The van der Waals surface area contributed by atoms with Crippen molar-refractivity contribution in [3.63, 3.8) is 0 Å². The Labute approximate surface area is 144 Å². The molecule has 1 amide bonds. The van der Waals surface area contributed by atoms with Gasteiger partial charge in [0.05, 0.1) is 12.8 Å². The van der Waals surface area contributed by atoms with Gasteiger partial charge in [-0.05, 0) is 36.4 Å². The van der Waals surface area contributed by atoms with Crippen molar-refractivity contribution >= 4 is 23.0 Å². The first-order chi connectivity index (χ1) is 12.2. The Bertz CT molecular complexity index is 899. The molecule has 3 rings (SSSR count). The molecule has 0 fully saturated rings. The minimum Gasteiger partial charge on any atom is -0.497 e. The maximum atomic E-state index is 13.7. The van der Waals surface area contributed by atoms with Crippen molar-refractivity contribution in [2.45, 2.75) is 0 Å². The highest BCUT2D eigenvalue weighted by Gasteiger charge is 2.10. The number of hydrogen-bond donors (Lipinski definition) is 2. The highest BCUT2D eigenvalue weighted by molar-refractivity contribution is 6.03. The third-order valence-electron chi connectivity index (χ3n) is 3.47. The van der Waals surface area contributed by atoms with Gasteiger partial charge >= 0.3 is 0 Å². The van der Waals surface area contributed by atoms with Gasteiger partial charge in [-0.2, -0.15) is 0 Å². The van der Waals surface area contributed by atoms with Crippen molar-refractivity contribution in [3.05, 3.63) is 78.4 Å². The minimum absolute atomic E-state index is 0.212. The Morgan fingerprint density at radius 2 is 1.88 bits per heavy atom. The molecule has 0 radical (unpaired) electrons. The molecule has 0 saturated heterocycles. The molecular formula is C19H16FN3O2. The normalized spacial score (nSPS) is 10.2. The summed E-state index contributed by atoms with van der Waals surface area (Å²) in [7, 11) is 1.56. The van der Waals surface area contributed by atoms with Crippen LogP contribution in [0, 0.1) is 5.82 Å². The Morgan fingerprint density at radius 3 is 2.68 bits per heavy atom. The van der Waals surface area contributed by atoms with Gasteiger partial charge in [-0.1, -0.05) is 18.2 Å². The van der Waals surface area contributed by atoms with Crippen molar-refractivity contribution in [3.8, 4) is 5.75 Å². The van der Waals surface area contributed by atoms with Gasteiger partial charge in [-0.15, -0.1) is 0 Å². The number of carbonyl (C=O) groups excluding carboxylic acids is 1. The largest absolute Gasteiger partial charge is 0.497 e. The van der Waals surface area contributed by atoms with Gasteiger partial charge in [-0.3, -0.25) is 9.78 Å². The lowest BCUT2D eigenvalue weighted by Gasteiger charge is -2.09. The minimum atomic E-state index is -0.373. The summed E-state index contributed by atoms with van der Waals surface area (Å²) in [6.45, 7) is 0. The van der Waals surface area contributed by atoms with Crippen LogP contribution in [0.5, 0.6) is 5.75 Å². The highest BCUT2D eigenvalue weighted by Crippen LogP contribution is 2.21. The quantitative estimate of drug-likeness (QED) is 0.731. The summed E-state index contributed by atoms with van der Waals surface area (Å²) in [5, 5.41) is 5.69. The number of hydrogen-bond acceptors (Lipinski definition) is 4. The SMILES string of the molecule is COc1cccc(NC(=O)c2cc(Nc3ccccc3F)ccn2)c1. The lowest BCUT2D eigenvalue weighted by atomic mass is 10.2. The van der Waals surface area contributed by atoms with Crippen LogP contribution in [0.2, 0.25) is 0 Å². The van der Waals surface area contributed by atoms with Crippen molar-refractivity contribution in [2.75, 3.05) is 17.7 Å². The van der Waals surface area contributed by atoms with Crippen molar-refractivity contribution in [1.29, 1.82) is 0 Å². The average Bonchev–Trinajstić information content (AvgIpc) is 2.64. The summed E-state index contributed by atoms with van der Waals surface area (Å²) in [5.41, 5.74) is 1.70. The van der Waals surface area contributed by atoms with Gasteiger partial charge in [0, 0.05) is 23.6 Å². The number of carbonyl (C=O) groups is 1. The van der Waals surface area contributed by atoms with Crippen LogP contribution in [0.3, 0.4) is 0 Å². The van der Waals surface area contributed by atoms with Crippen molar-refractivity contribution in [2.24, 2.45) is 0 Å². The van der Waals surface area contributed by atoms with Crippen LogP contribution in [0.15, 0.2) is 66.9 Å². The Balaban J connectivity index is 1.76. The molecule has 25 heavy (non-hydrogen) atoms. The van der Waals surface area contributed by atoms with E-state index in [1.807, 2.05) is 0 Å². The maximum absolute atomic E-state index is 13.7. The Morgan fingerprint density at radius 1 is 1.04 bits per heavy atom. The second-order valence-electron chi connectivity index (χ2n) is 5.22. The van der Waals surface area contributed by atoms with Crippen LogP contribution in [0.1, 0.15) is 10.5 Å². The molecule has 0 spiro atoms. The molecule has 0 aliphatic rings. The molecule has 1 heterocycles. The maximum Gasteiger partial charge on any atom is 0.274 e. The van der Waals surface area contributed by atoms with E-state index in [9.17, 15) is 9.18 Å². The van der Waals surface area contributed by atoms with Crippen molar-refractivity contribution < 1.29 is 13.9 Å². The van der Waals surface area contributed by atoms with Crippen molar-refractivity contribution in [1.82, 2.24) is 4.98 Å². The number of para-hydroxylation sites is 1. The molecule has 0 atom stereocenters. The summed E-state index contributed by atoms with van der Waals surface area (Å²) >= 11 is 0. The molecule has 1 aromatic heterocycles. The van der Waals surface area contributed by atoms with E-state index < -0.39 is 0 Å². The zero-order chi connectivity index (χ0) is 17.6. The van der Waals surface area contributed by atoms with Gasteiger partial charge in [0.1, 0.15) is 17.3 Å². The second-order valence-corrected chi connectivity index (χ2v) is 5.22. The van der Waals surface area contributed by atoms with Crippen LogP contribution in [0.4, 0.5) is 21.5 Å². The fourth-order valence-corrected chi connectivity index (χ4v) is 2.25. The number of ether oxygens (including phenoxy) is 1. The third-order valence-corrected chi connectivity index (χ3v) is 3.47. The van der Waals surface area contributed by atoms with Crippen LogP contribution >= 0.6 is 0 Å². The fourth-order valence-electron chi connectivity index (χ4n) is 2.25.